The number of fused-ring (bicyclic) bond motifs is 1. The van der Waals surface area contributed by atoms with Gasteiger partial charge in [0, 0.05) is 0 Å². The molecule has 1 unspecified atom stereocenters. The Morgan fingerprint density at radius 3 is 2.27 bits per heavy atom. The van der Waals surface area contributed by atoms with Gasteiger partial charge < -0.3 is 23.7 Å². The number of aliphatic hydroxyl groups excluding tert-OH is 1. The van der Waals surface area contributed by atoms with Gasteiger partial charge in [0.25, 0.3) is 0 Å². The van der Waals surface area contributed by atoms with Crippen LogP contribution in [0, 0.1) is 0 Å². The normalized spacial score (nSPS) is 38.9. The third kappa shape index (κ3) is 3.71. The van der Waals surface area contributed by atoms with E-state index in [1.165, 1.54) is 0 Å². The Bertz CT molecular complexity index is 409. The van der Waals surface area contributed by atoms with Crippen molar-refractivity contribution in [1.29, 1.82) is 0 Å². The average molecular weight is 351 g/mol. The smallest absolute Gasteiger partial charge is 0.192 e. The summed E-state index contributed by atoms with van der Waals surface area (Å²) in [5, 5.41) is 10.3. The van der Waals surface area contributed by atoms with Gasteiger partial charge in [-0.15, -0.1) is 12.6 Å². The number of hydrogen-bond acceptors (Lipinski definition) is 6. The van der Waals surface area contributed by atoms with Gasteiger partial charge in [0.15, 0.2) is 14.1 Å². The van der Waals surface area contributed by atoms with Gasteiger partial charge in [0.1, 0.15) is 29.9 Å². The van der Waals surface area contributed by atoms with Crippen molar-refractivity contribution in [3.8, 4) is 0 Å². The Labute approximate surface area is 140 Å². The summed E-state index contributed by atoms with van der Waals surface area (Å²) < 4.78 is 23.8. The molecule has 2 saturated heterocycles. The van der Waals surface area contributed by atoms with Gasteiger partial charge in [-0.1, -0.05) is 20.8 Å². The molecule has 2 aliphatic heterocycles. The van der Waals surface area contributed by atoms with Crippen molar-refractivity contribution in [1.82, 2.24) is 0 Å². The van der Waals surface area contributed by atoms with Crippen LogP contribution in [0.3, 0.4) is 0 Å². The molecular weight excluding hydrogens is 320 g/mol. The van der Waals surface area contributed by atoms with E-state index in [1.807, 2.05) is 13.8 Å². The van der Waals surface area contributed by atoms with Crippen LogP contribution in [0.4, 0.5) is 0 Å². The lowest BCUT2D eigenvalue weighted by Crippen LogP contribution is -2.57. The number of thiol groups is 1. The molecule has 0 aromatic heterocycles. The Balaban J connectivity index is 2.07. The molecule has 2 aliphatic rings. The highest BCUT2D eigenvalue weighted by Gasteiger charge is 2.54. The molecule has 22 heavy (non-hydrogen) atoms. The first kappa shape index (κ1) is 18.7. The fourth-order valence-electron chi connectivity index (χ4n) is 2.51. The summed E-state index contributed by atoms with van der Waals surface area (Å²) in [6.07, 6.45) is -1.86. The third-order valence-corrected chi connectivity index (χ3v) is 9.82. The van der Waals surface area contributed by atoms with Crippen molar-refractivity contribution in [2.75, 3.05) is 6.61 Å². The van der Waals surface area contributed by atoms with Gasteiger partial charge in [0.05, 0.1) is 6.61 Å². The molecule has 0 radical (unpaired) electrons. The van der Waals surface area contributed by atoms with Gasteiger partial charge in [-0.25, -0.2) is 0 Å². The van der Waals surface area contributed by atoms with Gasteiger partial charge in [-0.05, 0) is 32.0 Å². The SMILES string of the molecule is CC1(C)O[C@@H]2[C@H](O1)[C@@H](O)C(S)O[C@@H]2CO[Si](C)(C)C(C)(C)C. The maximum Gasteiger partial charge on any atom is 0.192 e. The van der Waals surface area contributed by atoms with Crippen LogP contribution >= 0.6 is 12.6 Å². The van der Waals surface area contributed by atoms with Crippen molar-refractivity contribution in [2.24, 2.45) is 0 Å². The van der Waals surface area contributed by atoms with E-state index in [0.29, 0.717) is 6.61 Å². The van der Waals surface area contributed by atoms with Gasteiger partial charge in [-0.3, -0.25) is 0 Å². The molecular formula is C15H30O5SSi. The average Bonchev–Trinajstić information content (AvgIpc) is 2.67. The van der Waals surface area contributed by atoms with Crippen LogP contribution in [0.5, 0.6) is 0 Å². The van der Waals surface area contributed by atoms with Crippen molar-refractivity contribution < 1.29 is 23.7 Å². The molecule has 0 saturated carbocycles. The maximum absolute atomic E-state index is 10.2. The van der Waals surface area contributed by atoms with Crippen LogP contribution in [-0.2, 0) is 18.6 Å². The van der Waals surface area contributed by atoms with Gasteiger partial charge in [-0.2, -0.15) is 0 Å². The van der Waals surface area contributed by atoms with Crippen LogP contribution in [-0.4, -0.2) is 55.7 Å². The molecule has 0 aromatic rings. The van der Waals surface area contributed by atoms with E-state index in [1.54, 1.807) is 0 Å². The van der Waals surface area contributed by atoms with E-state index in [4.69, 9.17) is 18.6 Å². The van der Waals surface area contributed by atoms with E-state index in [9.17, 15) is 5.11 Å². The molecule has 2 heterocycles. The summed E-state index contributed by atoms with van der Waals surface area (Å²) in [6, 6.07) is 0. The molecule has 0 amide bonds. The molecule has 2 fully saturated rings. The summed E-state index contributed by atoms with van der Waals surface area (Å²) in [6.45, 7) is 15.1. The molecule has 2 rings (SSSR count). The number of rotatable bonds is 3. The highest BCUT2D eigenvalue weighted by molar-refractivity contribution is 7.80. The van der Waals surface area contributed by atoms with Gasteiger partial charge in [0.2, 0.25) is 0 Å². The van der Waals surface area contributed by atoms with Gasteiger partial charge >= 0.3 is 0 Å². The molecule has 1 N–H and O–H groups in total. The second-order valence-corrected chi connectivity index (χ2v) is 13.5. The zero-order chi connectivity index (χ0) is 16.9. The first-order chi connectivity index (χ1) is 9.84. The highest BCUT2D eigenvalue weighted by atomic mass is 32.1. The zero-order valence-corrected chi connectivity index (χ0v) is 16.5. The Morgan fingerprint density at radius 2 is 1.73 bits per heavy atom. The molecule has 5 nitrogen and oxygen atoms in total. The second-order valence-electron chi connectivity index (χ2n) is 8.19. The molecule has 0 aliphatic carbocycles. The minimum atomic E-state index is -1.87. The first-order valence-corrected chi connectivity index (χ1v) is 11.3. The first-order valence-electron chi connectivity index (χ1n) is 7.85. The Hall–Kier alpha value is 0.367. The predicted octanol–water partition coefficient (Wildman–Crippen LogP) is 2.54. The van der Waals surface area contributed by atoms with Crippen LogP contribution in [0.1, 0.15) is 34.6 Å². The molecule has 0 spiro atoms. The lowest BCUT2D eigenvalue weighted by atomic mass is 10.0. The number of ether oxygens (including phenoxy) is 3. The van der Waals surface area contributed by atoms with Crippen LogP contribution in [0.25, 0.3) is 0 Å². The third-order valence-electron chi connectivity index (χ3n) is 4.89. The minimum Gasteiger partial charge on any atom is -0.414 e. The van der Waals surface area contributed by atoms with Crippen molar-refractivity contribution >= 4 is 20.9 Å². The molecule has 130 valence electrons. The molecule has 0 bridgehead atoms. The van der Waals surface area contributed by atoms with Crippen LogP contribution in [0.15, 0.2) is 0 Å². The van der Waals surface area contributed by atoms with E-state index in [-0.39, 0.29) is 17.2 Å². The predicted molar refractivity (Wildman–Crippen MR) is 90.6 cm³/mol. The highest BCUT2D eigenvalue weighted by Crippen LogP contribution is 2.40. The second kappa shape index (κ2) is 6.02. The van der Waals surface area contributed by atoms with Crippen LogP contribution in [0.2, 0.25) is 18.1 Å². The zero-order valence-electron chi connectivity index (χ0n) is 14.6. The summed E-state index contributed by atoms with van der Waals surface area (Å²) in [7, 11) is -1.87. The molecule has 7 heteroatoms. The maximum atomic E-state index is 10.2. The Kier molecular flexibility index (Phi) is 5.12. The van der Waals surface area contributed by atoms with E-state index in [0.717, 1.165) is 0 Å². The quantitative estimate of drug-likeness (QED) is 0.605. The monoisotopic (exact) mass is 350 g/mol. The summed E-state index contributed by atoms with van der Waals surface area (Å²) in [4.78, 5) is 0. The fourth-order valence-corrected chi connectivity index (χ4v) is 3.85. The van der Waals surface area contributed by atoms with E-state index < -0.39 is 31.7 Å². The molecule has 0 aromatic carbocycles. The van der Waals surface area contributed by atoms with E-state index in [2.05, 4.69) is 46.5 Å². The molecule has 5 atom stereocenters. The number of aliphatic hydroxyl groups is 1. The van der Waals surface area contributed by atoms with Crippen LogP contribution < -0.4 is 0 Å². The Morgan fingerprint density at radius 1 is 1.18 bits per heavy atom. The lowest BCUT2D eigenvalue weighted by molar-refractivity contribution is -0.166. The topological polar surface area (TPSA) is 57.2 Å². The summed E-state index contributed by atoms with van der Waals surface area (Å²) in [5.74, 6) is -0.729. The summed E-state index contributed by atoms with van der Waals surface area (Å²) >= 11 is 4.32. The summed E-state index contributed by atoms with van der Waals surface area (Å²) in [5.41, 5.74) is -0.591. The fraction of sp³-hybridized carbons (Fsp3) is 1.00. The van der Waals surface area contributed by atoms with E-state index >= 15 is 0 Å². The standard InChI is InChI=1S/C15H30O5SSi/c1-14(2,3)22(6,7)17-8-9-11-12(10(16)13(21)18-9)20-15(4,5)19-11/h9-13,16,21H,8H2,1-7H3/t9-,10-,11+,12-,13?/m1/s1. The van der Waals surface area contributed by atoms with Crippen molar-refractivity contribution in [3.05, 3.63) is 0 Å². The van der Waals surface area contributed by atoms with Crippen molar-refractivity contribution in [3.63, 3.8) is 0 Å². The number of hydrogen-bond donors (Lipinski definition) is 2. The lowest BCUT2D eigenvalue weighted by Gasteiger charge is -2.41. The minimum absolute atomic E-state index is 0.132. The van der Waals surface area contributed by atoms with Crippen molar-refractivity contribution in [2.45, 2.75) is 88.4 Å². The largest absolute Gasteiger partial charge is 0.414 e.